The van der Waals surface area contributed by atoms with Gasteiger partial charge in [0.1, 0.15) is 10.7 Å². The summed E-state index contributed by atoms with van der Waals surface area (Å²) < 4.78 is 54.9. The Kier molecular flexibility index (Phi) is 3.75. The zero-order valence-electron chi connectivity index (χ0n) is 11.7. The van der Waals surface area contributed by atoms with Gasteiger partial charge in [0.2, 0.25) is 10.0 Å². The van der Waals surface area contributed by atoms with Crippen molar-refractivity contribution in [2.24, 2.45) is 5.92 Å². The van der Waals surface area contributed by atoms with E-state index < -0.39 is 26.6 Å². The first-order chi connectivity index (χ1) is 9.88. The molecule has 0 amide bonds. The highest BCUT2D eigenvalue weighted by Crippen LogP contribution is 2.31. The largest absolute Gasteiger partial charge is 0.310 e. The summed E-state index contributed by atoms with van der Waals surface area (Å²) in [5.74, 6) is -1.46. The summed E-state index contributed by atoms with van der Waals surface area (Å²) in [5, 5.41) is 3.00. The molecule has 2 saturated carbocycles. The Balaban J connectivity index is 1.85. The third-order valence-corrected chi connectivity index (χ3v) is 5.51. The lowest BCUT2D eigenvalue weighted by atomic mass is 10.2. The molecule has 3 rings (SSSR count). The topological polar surface area (TPSA) is 58.2 Å². The fourth-order valence-electron chi connectivity index (χ4n) is 2.23. The van der Waals surface area contributed by atoms with E-state index in [4.69, 9.17) is 0 Å². The average Bonchev–Trinajstić information content (AvgIpc) is 3.29. The van der Waals surface area contributed by atoms with E-state index in [1.165, 1.54) is 0 Å². The molecule has 0 radical (unpaired) electrons. The van der Waals surface area contributed by atoms with Crippen LogP contribution < -0.4 is 10.0 Å². The summed E-state index contributed by atoms with van der Waals surface area (Å²) >= 11 is 0. The Morgan fingerprint density at radius 2 is 1.95 bits per heavy atom. The number of nitrogens with one attached hydrogen (secondary N) is 2. The second-order valence-electron chi connectivity index (χ2n) is 5.93. The lowest BCUT2D eigenvalue weighted by Crippen LogP contribution is -2.28. The molecule has 2 aliphatic carbocycles. The number of sulfonamides is 1. The lowest BCUT2D eigenvalue weighted by molar-refractivity contribution is 0.510. The Hall–Kier alpha value is -1.05. The van der Waals surface area contributed by atoms with Gasteiger partial charge in [0.25, 0.3) is 0 Å². The van der Waals surface area contributed by atoms with Gasteiger partial charge in [0.05, 0.1) is 0 Å². The van der Waals surface area contributed by atoms with Gasteiger partial charge in [-0.05, 0) is 37.3 Å². The van der Waals surface area contributed by atoms with E-state index in [0.29, 0.717) is 0 Å². The minimum atomic E-state index is -3.94. The first-order valence-corrected chi connectivity index (χ1v) is 8.59. The Morgan fingerprint density at radius 1 is 1.29 bits per heavy atom. The maximum atomic E-state index is 14.4. The number of benzene rings is 1. The van der Waals surface area contributed by atoms with Gasteiger partial charge in [-0.25, -0.2) is 21.9 Å². The molecule has 116 valence electrons. The van der Waals surface area contributed by atoms with Crippen molar-refractivity contribution in [1.29, 1.82) is 0 Å². The lowest BCUT2D eigenvalue weighted by Gasteiger charge is -2.11. The third kappa shape index (κ3) is 3.25. The van der Waals surface area contributed by atoms with Gasteiger partial charge < -0.3 is 5.32 Å². The summed E-state index contributed by atoms with van der Waals surface area (Å²) in [6.45, 7) is 1.92. The number of hydrogen-bond acceptors (Lipinski definition) is 3. The maximum absolute atomic E-state index is 14.4. The van der Waals surface area contributed by atoms with Gasteiger partial charge in [0.15, 0.2) is 5.82 Å². The molecule has 7 heteroatoms. The first-order valence-electron chi connectivity index (χ1n) is 7.11. The molecule has 2 N–H and O–H groups in total. The minimum Gasteiger partial charge on any atom is -0.310 e. The second kappa shape index (κ2) is 5.30. The molecule has 0 heterocycles. The van der Waals surface area contributed by atoms with E-state index in [2.05, 4.69) is 10.0 Å². The van der Waals surface area contributed by atoms with Crippen LogP contribution >= 0.6 is 0 Å². The van der Waals surface area contributed by atoms with Crippen molar-refractivity contribution in [2.75, 3.05) is 0 Å². The zero-order chi connectivity index (χ0) is 15.2. The molecule has 1 aromatic carbocycles. The van der Waals surface area contributed by atoms with Crippen molar-refractivity contribution in [2.45, 2.75) is 49.7 Å². The SMILES string of the molecule is CC1CC1NS(=O)(=O)c1ccc(F)c(CNC2CC2)c1F. The molecule has 0 spiro atoms. The van der Waals surface area contributed by atoms with Crippen LogP contribution in [-0.2, 0) is 16.6 Å². The molecular formula is C14H18F2N2O2S. The van der Waals surface area contributed by atoms with Gasteiger partial charge in [-0.1, -0.05) is 6.92 Å². The molecular weight excluding hydrogens is 298 g/mol. The Labute approximate surface area is 123 Å². The van der Waals surface area contributed by atoms with Crippen LogP contribution in [-0.4, -0.2) is 20.5 Å². The normalized spacial score (nSPS) is 25.1. The van der Waals surface area contributed by atoms with Crippen molar-refractivity contribution < 1.29 is 17.2 Å². The molecule has 2 aliphatic rings. The van der Waals surface area contributed by atoms with Crippen molar-refractivity contribution >= 4 is 10.0 Å². The summed E-state index contributed by atoms with van der Waals surface area (Å²) in [6, 6.07) is 2.14. The van der Waals surface area contributed by atoms with Crippen molar-refractivity contribution in [3.63, 3.8) is 0 Å². The highest BCUT2D eigenvalue weighted by atomic mass is 32.2. The fraction of sp³-hybridized carbons (Fsp3) is 0.571. The van der Waals surface area contributed by atoms with Crippen molar-refractivity contribution in [3.05, 3.63) is 29.3 Å². The smallest absolute Gasteiger partial charge is 0.243 e. The molecule has 0 saturated heterocycles. The van der Waals surface area contributed by atoms with Crippen LogP contribution in [0.4, 0.5) is 8.78 Å². The van der Waals surface area contributed by atoms with Gasteiger partial charge in [-0.15, -0.1) is 0 Å². The van der Waals surface area contributed by atoms with Crippen LogP contribution in [0, 0.1) is 17.6 Å². The molecule has 21 heavy (non-hydrogen) atoms. The van der Waals surface area contributed by atoms with Gasteiger partial charge in [-0.2, -0.15) is 0 Å². The van der Waals surface area contributed by atoms with E-state index in [9.17, 15) is 17.2 Å². The van der Waals surface area contributed by atoms with E-state index in [1.54, 1.807) is 0 Å². The summed E-state index contributed by atoms with van der Waals surface area (Å²) in [6.07, 6.45) is 2.73. The van der Waals surface area contributed by atoms with Crippen LogP contribution in [0.2, 0.25) is 0 Å². The third-order valence-electron chi connectivity index (χ3n) is 4.00. The summed E-state index contributed by atoms with van der Waals surface area (Å²) in [5.41, 5.74) is -0.214. The predicted molar refractivity (Wildman–Crippen MR) is 74.1 cm³/mol. The Morgan fingerprint density at radius 3 is 2.52 bits per heavy atom. The van der Waals surface area contributed by atoms with E-state index >= 15 is 0 Å². The van der Waals surface area contributed by atoms with Crippen LogP contribution in [0.25, 0.3) is 0 Å². The molecule has 0 aliphatic heterocycles. The molecule has 0 aromatic heterocycles. The zero-order valence-corrected chi connectivity index (χ0v) is 12.5. The molecule has 2 fully saturated rings. The van der Waals surface area contributed by atoms with E-state index in [0.717, 1.165) is 31.4 Å². The standard InChI is InChI=1S/C14H18F2N2O2S/c1-8-6-12(8)18-21(19,20)13-5-4-11(15)10(14(13)16)7-17-9-2-3-9/h4-5,8-9,12,17-18H,2-3,6-7H2,1H3. The number of hydrogen-bond donors (Lipinski definition) is 2. The molecule has 4 nitrogen and oxygen atoms in total. The van der Waals surface area contributed by atoms with Gasteiger partial charge in [0, 0.05) is 24.2 Å². The van der Waals surface area contributed by atoms with Crippen molar-refractivity contribution in [3.8, 4) is 0 Å². The van der Waals surface area contributed by atoms with Crippen LogP contribution in [0.1, 0.15) is 31.7 Å². The van der Waals surface area contributed by atoms with Crippen LogP contribution in [0.5, 0.6) is 0 Å². The second-order valence-corrected chi connectivity index (χ2v) is 7.62. The quantitative estimate of drug-likeness (QED) is 0.843. The van der Waals surface area contributed by atoms with Crippen molar-refractivity contribution in [1.82, 2.24) is 10.0 Å². The van der Waals surface area contributed by atoms with E-state index in [-0.39, 0.29) is 30.1 Å². The fourth-order valence-corrected chi connectivity index (χ4v) is 3.69. The number of halogens is 2. The molecule has 0 bridgehead atoms. The van der Waals surface area contributed by atoms with Crippen LogP contribution in [0.3, 0.4) is 0 Å². The predicted octanol–water partition coefficient (Wildman–Crippen LogP) is 1.90. The minimum absolute atomic E-state index is 0.00548. The van der Waals surface area contributed by atoms with Crippen LogP contribution in [0.15, 0.2) is 17.0 Å². The highest BCUT2D eigenvalue weighted by Gasteiger charge is 2.37. The van der Waals surface area contributed by atoms with Gasteiger partial charge >= 0.3 is 0 Å². The summed E-state index contributed by atoms with van der Waals surface area (Å²) in [7, 11) is -3.94. The average molecular weight is 316 g/mol. The van der Waals surface area contributed by atoms with E-state index in [1.807, 2.05) is 6.92 Å². The molecule has 2 unspecified atom stereocenters. The molecule has 1 aromatic rings. The molecule has 2 atom stereocenters. The summed E-state index contributed by atoms with van der Waals surface area (Å²) in [4.78, 5) is -0.476. The highest BCUT2D eigenvalue weighted by molar-refractivity contribution is 7.89. The monoisotopic (exact) mass is 316 g/mol. The first kappa shape index (κ1) is 14.9. The Bertz CT molecular complexity index is 659. The maximum Gasteiger partial charge on any atom is 0.243 e. The van der Waals surface area contributed by atoms with Gasteiger partial charge in [-0.3, -0.25) is 0 Å². The number of rotatable bonds is 6.